The van der Waals surface area contributed by atoms with Crippen LogP contribution in [0.1, 0.15) is 5.56 Å². The number of thiazole rings is 1. The number of rotatable bonds is 4. The molecule has 1 aromatic carbocycles. The lowest BCUT2D eigenvalue weighted by atomic mass is 10.2. The van der Waals surface area contributed by atoms with E-state index in [1.807, 2.05) is 24.6 Å². The molecule has 0 saturated carbocycles. The number of nitrogens with zero attached hydrogens (tertiary/aromatic N) is 1. The van der Waals surface area contributed by atoms with Crippen LogP contribution in [-0.2, 0) is 6.54 Å². The molecule has 0 bridgehead atoms. The average Bonchev–Trinajstić information content (AvgIpc) is 2.75. The van der Waals surface area contributed by atoms with Crippen LogP contribution >= 0.6 is 34.7 Å². The van der Waals surface area contributed by atoms with E-state index in [1.165, 1.54) is 5.56 Å². The van der Waals surface area contributed by atoms with Crippen molar-refractivity contribution < 1.29 is 0 Å². The minimum absolute atomic E-state index is 0.785. The second-order valence-corrected chi connectivity index (χ2v) is 5.79. The standard InChI is InChI=1S/C11H11ClN2S2/c1-13-7-8-2-3-10(9(12)6-8)16-11-14-4-5-15-11/h2-6,13H,7H2,1H3. The fraction of sp³-hybridized carbons (Fsp3) is 0.182. The van der Waals surface area contributed by atoms with Crippen molar-refractivity contribution in [2.24, 2.45) is 0 Å². The van der Waals surface area contributed by atoms with Crippen molar-refractivity contribution in [3.63, 3.8) is 0 Å². The van der Waals surface area contributed by atoms with Gasteiger partial charge in [0.1, 0.15) is 0 Å². The molecule has 0 atom stereocenters. The maximum atomic E-state index is 6.21. The number of hydrogen-bond acceptors (Lipinski definition) is 4. The number of hydrogen-bond donors (Lipinski definition) is 1. The molecular weight excluding hydrogens is 260 g/mol. The van der Waals surface area contributed by atoms with E-state index in [2.05, 4.69) is 16.4 Å². The first-order chi connectivity index (χ1) is 7.79. The molecule has 2 nitrogen and oxygen atoms in total. The van der Waals surface area contributed by atoms with Gasteiger partial charge in [-0.3, -0.25) is 0 Å². The van der Waals surface area contributed by atoms with Crippen molar-refractivity contribution >= 4 is 34.7 Å². The van der Waals surface area contributed by atoms with Gasteiger partial charge in [-0.05, 0) is 24.7 Å². The van der Waals surface area contributed by atoms with Gasteiger partial charge in [0, 0.05) is 23.0 Å². The van der Waals surface area contributed by atoms with Gasteiger partial charge in [0.25, 0.3) is 0 Å². The predicted molar refractivity (Wildman–Crippen MR) is 70.5 cm³/mol. The molecular formula is C11H11ClN2S2. The minimum Gasteiger partial charge on any atom is -0.316 e. The molecule has 5 heteroatoms. The summed E-state index contributed by atoms with van der Waals surface area (Å²) >= 11 is 9.43. The average molecular weight is 271 g/mol. The van der Waals surface area contributed by atoms with Crippen LogP contribution in [0.5, 0.6) is 0 Å². The third-order valence-electron chi connectivity index (χ3n) is 1.98. The summed E-state index contributed by atoms with van der Waals surface area (Å²) in [6.45, 7) is 0.835. The molecule has 0 unspecified atom stereocenters. The van der Waals surface area contributed by atoms with Crippen LogP contribution in [0.2, 0.25) is 5.02 Å². The van der Waals surface area contributed by atoms with Crippen LogP contribution < -0.4 is 5.32 Å². The van der Waals surface area contributed by atoms with Gasteiger partial charge >= 0.3 is 0 Å². The van der Waals surface area contributed by atoms with E-state index in [1.54, 1.807) is 29.3 Å². The lowest BCUT2D eigenvalue weighted by molar-refractivity contribution is 0.817. The van der Waals surface area contributed by atoms with E-state index in [0.29, 0.717) is 0 Å². The Morgan fingerprint density at radius 1 is 1.50 bits per heavy atom. The van der Waals surface area contributed by atoms with Gasteiger partial charge in [-0.2, -0.15) is 0 Å². The van der Waals surface area contributed by atoms with Crippen molar-refractivity contribution in [2.75, 3.05) is 7.05 Å². The van der Waals surface area contributed by atoms with Crippen molar-refractivity contribution in [1.29, 1.82) is 0 Å². The maximum absolute atomic E-state index is 6.21. The first-order valence-electron chi connectivity index (χ1n) is 4.80. The van der Waals surface area contributed by atoms with Crippen LogP contribution in [0.15, 0.2) is 39.0 Å². The third-order valence-corrected chi connectivity index (χ3v) is 4.37. The van der Waals surface area contributed by atoms with Gasteiger partial charge in [-0.1, -0.05) is 29.4 Å². The highest BCUT2D eigenvalue weighted by Gasteiger charge is 2.05. The Morgan fingerprint density at radius 3 is 3.00 bits per heavy atom. The topological polar surface area (TPSA) is 24.9 Å². The van der Waals surface area contributed by atoms with Crippen LogP contribution in [0, 0.1) is 0 Å². The molecule has 0 fully saturated rings. The Kier molecular flexibility index (Phi) is 4.23. The van der Waals surface area contributed by atoms with Crippen LogP contribution in [0.25, 0.3) is 0 Å². The van der Waals surface area contributed by atoms with E-state index < -0.39 is 0 Å². The molecule has 1 aromatic heterocycles. The first kappa shape index (κ1) is 11.9. The van der Waals surface area contributed by atoms with Crippen molar-refractivity contribution in [3.8, 4) is 0 Å². The Bertz CT molecular complexity index is 457. The maximum Gasteiger partial charge on any atom is 0.154 e. The number of aromatic nitrogens is 1. The molecule has 1 heterocycles. The lowest BCUT2D eigenvalue weighted by Crippen LogP contribution is -2.04. The molecule has 16 heavy (non-hydrogen) atoms. The molecule has 84 valence electrons. The highest BCUT2D eigenvalue weighted by molar-refractivity contribution is 8.01. The van der Waals surface area contributed by atoms with Gasteiger partial charge in [0.2, 0.25) is 0 Å². The zero-order valence-electron chi connectivity index (χ0n) is 8.74. The summed E-state index contributed by atoms with van der Waals surface area (Å²) < 4.78 is 1.02. The van der Waals surface area contributed by atoms with Gasteiger partial charge in [-0.15, -0.1) is 11.3 Å². The van der Waals surface area contributed by atoms with E-state index in [0.717, 1.165) is 20.8 Å². The first-order valence-corrected chi connectivity index (χ1v) is 6.87. The SMILES string of the molecule is CNCc1ccc(Sc2nccs2)c(Cl)c1. The van der Waals surface area contributed by atoms with E-state index in [4.69, 9.17) is 11.6 Å². The molecule has 2 rings (SSSR count). The van der Waals surface area contributed by atoms with Gasteiger partial charge < -0.3 is 5.32 Å². The monoisotopic (exact) mass is 270 g/mol. The summed E-state index contributed by atoms with van der Waals surface area (Å²) in [5, 5.41) is 5.85. The molecule has 0 aliphatic rings. The second-order valence-electron chi connectivity index (χ2n) is 3.20. The fourth-order valence-corrected chi connectivity index (χ4v) is 3.20. The summed E-state index contributed by atoms with van der Waals surface area (Å²) in [4.78, 5) is 5.27. The second kappa shape index (κ2) is 5.68. The zero-order valence-corrected chi connectivity index (χ0v) is 11.1. The summed E-state index contributed by atoms with van der Waals surface area (Å²) in [6.07, 6.45) is 1.80. The number of nitrogens with one attached hydrogen (secondary N) is 1. The Labute approximate surface area is 108 Å². The molecule has 0 aliphatic carbocycles. The number of benzene rings is 1. The minimum atomic E-state index is 0.785. The van der Waals surface area contributed by atoms with E-state index >= 15 is 0 Å². The molecule has 0 spiro atoms. The third kappa shape index (κ3) is 2.98. The molecule has 0 saturated heterocycles. The van der Waals surface area contributed by atoms with Crippen LogP contribution in [0.4, 0.5) is 0 Å². The predicted octanol–water partition coefficient (Wildman–Crippen LogP) is 3.67. The molecule has 1 N–H and O–H groups in total. The summed E-state index contributed by atoms with van der Waals surface area (Å²) in [5.41, 5.74) is 1.19. The molecule has 0 amide bonds. The zero-order chi connectivity index (χ0) is 11.4. The van der Waals surface area contributed by atoms with E-state index in [9.17, 15) is 0 Å². The van der Waals surface area contributed by atoms with Crippen molar-refractivity contribution in [2.45, 2.75) is 15.8 Å². The van der Waals surface area contributed by atoms with Crippen molar-refractivity contribution in [3.05, 3.63) is 40.4 Å². The lowest BCUT2D eigenvalue weighted by Gasteiger charge is -2.05. The highest BCUT2D eigenvalue weighted by Crippen LogP contribution is 2.34. The normalized spacial score (nSPS) is 10.6. The molecule has 0 radical (unpaired) electrons. The molecule has 2 aromatic rings. The summed E-state index contributed by atoms with van der Waals surface area (Å²) in [5.74, 6) is 0. The van der Waals surface area contributed by atoms with Gasteiger partial charge in [0.15, 0.2) is 4.34 Å². The van der Waals surface area contributed by atoms with Gasteiger partial charge in [0.05, 0.1) is 5.02 Å². The largest absolute Gasteiger partial charge is 0.316 e. The van der Waals surface area contributed by atoms with Crippen LogP contribution in [-0.4, -0.2) is 12.0 Å². The van der Waals surface area contributed by atoms with Crippen LogP contribution in [0.3, 0.4) is 0 Å². The summed E-state index contributed by atoms with van der Waals surface area (Å²) in [6, 6.07) is 6.12. The number of halogens is 1. The molecule has 0 aliphatic heterocycles. The van der Waals surface area contributed by atoms with Gasteiger partial charge in [-0.25, -0.2) is 4.98 Å². The Hall–Kier alpha value is -0.550. The van der Waals surface area contributed by atoms with E-state index in [-0.39, 0.29) is 0 Å². The Morgan fingerprint density at radius 2 is 2.38 bits per heavy atom. The fourth-order valence-electron chi connectivity index (χ4n) is 1.30. The quantitative estimate of drug-likeness (QED) is 0.918. The smallest absolute Gasteiger partial charge is 0.154 e. The van der Waals surface area contributed by atoms with Crippen molar-refractivity contribution in [1.82, 2.24) is 10.3 Å². The Balaban J connectivity index is 2.16. The summed E-state index contributed by atoms with van der Waals surface area (Å²) in [7, 11) is 1.92. The highest BCUT2D eigenvalue weighted by atomic mass is 35.5.